The van der Waals surface area contributed by atoms with Gasteiger partial charge in [0.25, 0.3) is 0 Å². The third kappa shape index (κ3) is 4.09. The lowest BCUT2D eigenvalue weighted by Crippen LogP contribution is -2.37. The molecule has 0 saturated heterocycles. The molecular weight excluding hydrogens is 401 g/mol. The number of allylic oxidation sites excluding steroid dienone is 2. The second-order valence-electron chi connectivity index (χ2n) is 5.98. The van der Waals surface area contributed by atoms with Crippen LogP contribution in [0, 0.1) is 0 Å². The van der Waals surface area contributed by atoms with Crippen molar-refractivity contribution in [3.8, 4) is 11.4 Å². The predicted octanol–water partition coefficient (Wildman–Crippen LogP) is 2.90. The van der Waals surface area contributed by atoms with Gasteiger partial charge in [-0.15, -0.1) is 15.6 Å². The Labute approximate surface area is 161 Å². The Morgan fingerprint density at radius 3 is 2.50 bits per heavy atom. The topological polar surface area (TPSA) is 98.9 Å². The Balaban J connectivity index is 2.05. The van der Waals surface area contributed by atoms with Gasteiger partial charge in [0.1, 0.15) is 5.70 Å². The van der Waals surface area contributed by atoms with Crippen molar-refractivity contribution in [1.29, 1.82) is 0 Å². The monoisotopic (exact) mass is 415 g/mol. The highest BCUT2D eigenvalue weighted by molar-refractivity contribution is 6.30. The minimum atomic E-state index is -4.88. The van der Waals surface area contributed by atoms with Crippen LogP contribution in [0.25, 0.3) is 11.4 Å². The van der Waals surface area contributed by atoms with Gasteiger partial charge >= 0.3 is 11.9 Å². The molecule has 0 bridgehead atoms. The van der Waals surface area contributed by atoms with Crippen LogP contribution in [0.15, 0.2) is 50.8 Å². The molecule has 0 aliphatic carbocycles. The predicted molar refractivity (Wildman–Crippen MR) is 93.3 cm³/mol. The zero-order chi connectivity index (χ0) is 20.5. The molecule has 1 radical (unpaired) electrons. The molecule has 1 aliphatic heterocycles. The molecule has 0 spiro atoms. The van der Waals surface area contributed by atoms with E-state index in [4.69, 9.17) is 11.6 Å². The highest BCUT2D eigenvalue weighted by Gasteiger charge is 2.39. The normalized spacial score (nSPS) is 15.2. The molecule has 0 fully saturated rings. The van der Waals surface area contributed by atoms with E-state index >= 15 is 0 Å². The Kier molecular flexibility index (Phi) is 5.57. The van der Waals surface area contributed by atoms with Gasteiger partial charge in [0.05, 0.1) is 18.8 Å². The molecule has 0 saturated carbocycles. The first-order valence-corrected chi connectivity index (χ1v) is 8.60. The van der Waals surface area contributed by atoms with E-state index in [1.807, 2.05) is 6.92 Å². The van der Waals surface area contributed by atoms with Crippen LogP contribution < -0.4 is 11.1 Å². The number of aliphatic hydroxyl groups is 1. The first-order chi connectivity index (χ1) is 13.2. The largest absolute Gasteiger partial charge is 0.416 e. The van der Waals surface area contributed by atoms with Gasteiger partial charge in [-0.05, 0) is 35.9 Å². The lowest BCUT2D eigenvalue weighted by atomic mass is 10.2. The number of halogens is 4. The Bertz CT molecular complexity index is 978. The summed E-state index contributed by atoms with van der Waals surface area (Å²) in [5.74, 6) is -0.0320. The Morgan fingerprint density at radius 2 is 1.89 bits per heavy atom. The van der Waals surface area contributed by atoms with Gasteiger partial charge in [0.15, 0.2) is 11.9 Å². The van der Waals surface area contributed by atoms with Crippen LogP contribution in [0.4, 0.5) is 13.2 Å². The summed E-state index contributed by atoms with van der Waals surface area (Å²) in [6.07, 6.45) is -7.08. The molecule has 3 rings (SSSR count). The SMILES string of the molecule is CCC1=C(Cn2nc(-c3ccc(Cl)cc3)n(C[C@H](O)C(F)(F)F)c2=O)N=N[N]1. The summed E-state index contributed by atoms with van der Waals surface area (Å²) in [7, 11) is 0. The number of hydrogen-bond acceptors (Lipinski definition) is 5. The summed E-state index contributed by atoms with van der Waals surface area (Å²) >= 11 is 5.84. The van der Waals surface area contributed by atoms with Crippen LogP contribution in [-0.2, 0) is 13.1 Å². The smallest absolute Gasteiger partial charge is 0.382 e. The van der Waals surface area contributed by atoms with Crippen molar-refractivity contribution in [3.05, 3.63) is 51.2 Å². The quantitative estimate of drug-likeness (QED) is 0.785. The number of nitrogens with zero attached hydrogens (tertiary/aromatic N) is 6. The molecule has 2 heterocycles. The summed E-state index contributed by atoms with van der Waals surface area (Å²) in [6.45, 7) is 0.728. The highest BCUT2D eigenvalue weighted by Crippen LogP contribution is 2.24. The van der Waals surface area contributed by atoms with Gasteiger partial charge < -0.3 is 5.11 Å². The van der Waals surface area contributed by atoms with Crippen LogP contribution in [0.2, 0.25) is 5.02 Å². The van der Waals surface area contributed by atoms with E-state index in [0.29, 0.717) is 28.4 Å². The number of aromatic nitrogens is 3. The van der Waals surface area contributed by atoms with Crippen molar-refractivity contribution in [2.24, 2.45) is 10.3 Å². The molecule has 1 N–H and O–H groups in total. The molecule has 0 unspecified atom stereocenters. The van der Waals surface area contributed by atoms with Crippen LogP contribution in [0.3, 0.4) is 0 Å². The lowest BCUT2D eigenvalue weighted by Gasteiger charge is -2.15. The molecule has 2 aromatic rings. The number of aliphatic hydroxyl groups excluding tert-OH is 1. The summed E-state index contributed by atoms with van der Waals surface area (Å²) < 4.78 is 40.2. The maximum absolute atomic E-state index is 12.8. The van der Waals surface area contributed by atoms with E-state index < -0.39 is 24.5 Å². The fourth-order valence-corrected chi connectivity index (χ4v) is 2.71. The van der Waals surface area contributed by atoms with E-state index in [1.165, 1.54) is 24.3 Å². The average molecular weight is 416 g/mol. The Morgan fingerprint density at radius 1 is 1.21 bits per heavy atom. The molecule has 1 atom stereocenters. The lowest BCUT2D eigenvalue weighted by molar-refractivity contribution is -0.207. The standard InChI is InChI=1S/C16H15ClF3N6O2/c1-2-11-12(22-24-21-11)7-26-15(28)25(8-13(27)16(18,19)20)14(23-26)9-3-5-10(17)6-4-9/h3-6,13,27H,2,7-8H2,1H3/t13-/m0/s1. The summed E-state index contributed by atoms with van der Waals surface area (Å²) in [5, 5.41) is 21.4. The fraction of sp³-hybridized carbons (Fsp3) is 0.375. The third-order valence-electron chi connectivity index (χ3n) is 4.06. The zero-order valence-corrected chi connectivity index (χ0v) is 15.3. The highest BCUT2D eigenvalue weighted by atomic mass is 35.5. The van der Waals surface area contributed by atoms with E-state index in [1.54, 1.807) is 0 Å². The number of hydrogen-bond donors (Lipinski definition) is 1. The minimum Gasteiger partial charge on any atom is -0.382 e. The van der Waals surface area contributed by atoms with Crippen molar-refractivity contribution >= 4 is 11.6 Å². The van der Waals surface area contributed by atoms with Crippen molar-refractivity contribution in [2.75, 3.05) is 0 Å². The number of benzene rings is 1. The molecule has 28 heavy (non-hydrogen) atoms. The molecule has 12 heteroatoms. The molecular formula is C16H15ClF3N6O2. The molecule has 0 amide bonds. The van der Waals surface area contributed by atoms with Gasteiger partial charge in [-0.25, -0.2) is 9.48 Å². The molecule has 1 aromatic heterocycles. The van der Waals surface area contributed by atoms with Crippen molar-refractivity contribution in [1.82, 2.24) is 19.8 Å². The second kappa shape index (κ2) is 7.76. The fourth-order valence-electron chi connectivity index (χ4n) is 2.58. The minimum absolute atomic E-state index is 0.0320. The van der Waals surface area contributed by atoms with E-state index in [2.05, 4.69) is 20.9 Å². The molecule has 8 nitrogen and oxygen atoms in total. The average Bonchev–Trinajstić information content (AvgIpc) is 3.21. The van der Waals surface area contributed by atoms with E-state index in [9.17, 15) is 23.1 Å². The second-order valence-corrected chi connectivity index (χ2v) is 6.41. The van der Waals surface area contributed by atoms with Gasteiger partial charge in [-0.2, -0.15) is 13.2 Å². The summed E-state index contributed by atoms with van der Waals surface area (Å²) in [6, 6.07) is 6.08. The van der Waals surface area contributed by atoms with Crippen molar-refractivity contribution in [3.63, 3.8) is 0 Å². The van der Waals surface area contributed by atoms with Gasteiger partial charge in [0, 0.05) is 10.6 Å². The maximum Gasteiger partial charge on any atom is 0.416 e. The number of rotatable bonds is 6. The van der Waals surface area contributed by atoms with Crippen molar-refractivity contribution < 1.29 is 18.3 Å². The third-order valence-corrected chi connectivity index (χ3v) is 4.31. The molecule has 1 aromatic carbocycles. The van der Waals surface area contributed by atoms with Crippen molar-refractivity contribution in [2.45, 2.75) is 38.7 Å². The van der Waals surface area contributed by atoms with E-state index in [-0.39, 0.29) is 12.4 Å². The van der Waals surface area contributed by atoms with E-state index in [0.717, 1.165) is 9.25 Å². The van der Waals surface area contributed by atoms with Gasteiger partial charge in [-0.3, -0.25) is 4.57 Å². The van der Waals surface area contributed by atoms with Gasteiger partial charge in [-0.1, -0.05) is 18.5 Å². The van der Waals surface area contributed by atoms with Crippen LogP contribution in [0.1, 0.15) is 13.3 Å². The maximum atomic E-state index is 12.8. The molecule has 149 valence electrons. The van der Waals surface area contributed by atoms with Crippen LogP contribution >= 0.6 is 11.6 Å². The summed E-state index contributed by atoms with van der Waals surface area (Å²) in [4.78, 5) is 12.7. The van der Waals surface area contributed by atoms with Crippen LogP contribution in [-0.4, -0.2) is 31.7 Å². The molecule has 1 aliphatic rings. The first-order valence-electron chi connectivity index (χ1n) is 8.22. The Hall–Kier alpha value is -2.66. The van der Waals surface area contributed by atoms with Gasteiger partial charge in [0.2, 0.25) is 0 Å². The first kappa shape index (κ1) is 20.1. The van der Waals surface area contributed by atoms with Crippen LogP contribution in [0.5, 0.6) is 0 Å². The zero-order valence-electron chi connectivity index (χ0n) is 14.6. The summed E-state index contributed by atoms with van der Waals surface area (Å²) in [5.41, 5.74) is 4.33. The number of alkyl halides is 3.